The van der Waals surface area contributed by atoms with Gasteiger partial charge in [0.2, 0.25) is 0 Å². The van der Waals surface area contributed by atoms with Gasteiger partial charge in [0.05, 0.1) is 0 Å². The van der Waals surface area contributed by atoms with Gasteiger partial charge in [0.15, 0.2) is 0 Å². The molecule has 0 bridgehead atoms. The zero-order chi connectivity index (χ0) is 14.4. The van der Waals surface area contributed by atoms with Crippen LogP contribution in [0.4, 0.5) is 4.39 Å². The third kappa shape index (κ3) is 5.61. The Morgan fingerprint density at radius 2 is 2.10 bits per heavy atom. The fraction of sp³-hybridized carbons (Fsp3) is 0.533. The fourth-order valence-electron chi connectivity index (χ4n) is 2.33. The lowest BCUT2D eigenvalue weighted by atomic mass is 10.1. The summed E-state index contributed by atoms with van der Waals surface area (Å²) in [5, 5.41) is 6.19. The number of hydrogen-bond acceptors (Lipinski definition) is 3. The highest BCUT2D eigenvalue weighted by Crippen LogP contribution is 2.09. The number of nitrogens with zero attached hydrogens (tertiary/aromatic N) is 1. The Kier molecular flexibility index (Phi) is 7.64. The van der Waals surface area contributed by atoms with Crippen LogP contribution in [-0.2, 0) is 0 Å². The van der Waals surface area contributed by atoms with E-state index in [9.17, 15) is 9.18 Å². The molecule has 2 rings (SSSR count). The van der Waals surface area contributed by atoms with Gasteiger partial charge in [-0.15, -0.1) is 12.4 Å². The quantitative estimate of drug-likeness (QED) is 0.811. The molecule has 1 fully saturated rings. The summed E-state index contributed by atoms with van der Waals surface area (Å²) in [5.74, 6) is -0.409. The minimum Gasteiger partial charge on any atom is -0.352 e. The molecule has 0 unspecified atom stereocenters. The van der Waals surface area contributed by atoms with Crippen LogP contribution in [0.25, 0.3) is 0 Å². The number of rotatable bonds is 5. The van der Waals surface area contributed by atoms with Gasteiger partial charge < -0.3 is 15.5 Å². The van der Waals surface area contributed by atoms with E-state index < -0.39 is 0 Å². The smallest absolute Gasteiger partial charge is 0.251 e. The Balaban J connectivity index is 0.00000220. The first-order valence-electron chi connectivity index (χ1n) is 7.14. The van der Waals surface area contributed by atoms with Crippen molar-refractivity contribution in [2.75, 3.05) is 39.3 Å². The molecular weight excluding hydrogens is 293 g/mol. The summed E-state index contributed by atoms with van der Waals surface area (Å²) in [6.07, 6.45) is 0.936. The van der Waals surface area contributed by atoms with Crippen molar-refractivity contribution in [2.24, 2.45) is 0 Å². The highest BCUT2D eigenvalue weighted by molar-refractivity contribution is 5.94. The zero-order valence-electron chi connectivity index (χ0n) is 12.3. The van der Waals surface area contributed by atoms with Crippen LogP contribution in [0, 0.1) is 12.7 Å². The summed E-state index contributed by atoms with van der Waals surface area (Å²) in [6.45, 7) is 7.55. The Hall–Kier alpha value is -1.17. The van der Waals surface area contributed by atoms with E-state index >= 15 is 0 Å². The Bertz CT molecular complexity index is 464. The molecular formula is C15H23ClFN3O. The average molecular weight is 316 g/mol. The highest BCUT2D eigenvalue weighted by Gasteiger charge is 2.10. The molecule has 0 aromatic heterocycles. The summed E-state index contributed by atoms with van der Waals surface area (Å²) in [4.78, 5) is 14.3. The number of amides is 1. The van der Waals surface area contributed by atoms with E-state index in [1.807, 2.05) is 0 Å². The summed E-state index contributed by atoms with van der Waals surface area (Å²) in [5.41, 5.74) is 1.02. The SMILES string of the molecule is Cc1cc(C(=O)NCCCN2CCNCC2)ccc1F.Cl. The number of carbonyl (C=O) groups excluding carboxylic acids is 1. The number of nitrogens with one attached hydrogen (secondary N) is 2. The monoisotopic (exact) mass is 315 g/mol. The van der Waals surface area contributed by atoms with Crippen LogP contribution in [0.3, 0.4) is 0 Å². The molecule has 0 aliphatic carbocycles. The van der Waals surface area contributed by atoms with Gasteiger partial charge in [0, 0.05) is 38.3 Å². The van der Waals surface area contributed by atoms with E-state index in [2.05, 4.69) is 15.5 Å². The molecule has 0 saturated carbocycles. The van der Waals surface area contributed by atoms with E-state index in [0.29, 0.717) is 17.7 Å². The second kappa shape index (κ2) is 8.97. The molecule has 1 saturated heterocycles. The predicted molar refractivity (Wildman–Crippen MR) is 84.6 cm³/mol. The molecule has 0 atom stereocenters. The zero-order valence-corrected chi connectivity index (χ0v) is 13.1. The minimum atomic E-state index is -0.278. The van der Waals surface area contributed by atoms with E-state index in [4.69, 9.17) is 0 Å². The first kappa shape index (κ1) is 17.9. The van der Waals surface area contributed by atoms with Crippen molar-refractivity contribution in [2.45, 2.75) is 13.3 Å². The molecule has 1 amide bonds. The van der Waals surface area contributed by atoms with Crippen LogP contribution < -0.4 is 10.6 Å². The van der Waals surface area contributed by atoms with Crippen LogP contribution in [-0.4, -0.2) is 50.1 Å². The molecule has 0 radical (unpaired) electrons. The topological polar surface area (TPSA) is 44.4 Å². The van der Waals surface area contributed by atoms with Gasteiger partial charge in [-0.3, -0.25) is 4.79 Å². The third-order valence-electron chi connectivity index (χ3n) is 3.57. The predicted octanol–water partition coefficient (Wildman–Crippen LogP) is 1.58. The Morgan fingerprint density at radius 3 is 2.76 bits per heavy atom. The van der Waals surface area contributed by atoms with E-state index in [1.54, 1.807) is 13.0 Å². The summed E-state index contributed by atoms with van der Waals surface area (Å²) in [7, 11) is 0. The lowest BCUT2D eigenvalue weighted by Crippen LogP contribution is -2.44. The standard InChI is InChI=1S/C15H22FN3O.ClH/c1-12-11-13(3-4-14(12)16)15(20)18-5-2-8-19-9-6-17-7-10-19;/h3-4,11,17H,2,5-10H2,1H3,(H,18,20);1H. The Morgan fingerprint density at radius 1 is 1.38 bits per heavy atom. The first-order chi connectivity index (χ1) is 9.66. The highest BCUT2D eigenvalue weighted by atomic mass is 35.5. The normalized spacial score (nSPS) is 15.3. The van der Waals surface area contributed by atoms with Crippen molar-refractivity contribution in [1.82, 2.24) is 15.5 Å². The number of aryl methyl sites for hydroxylation is 1. The third-order valence-corrected chi connectivity index (χ3v) is 3.57. The second-order valence-electron chi connectivity index (χ2n) is 5.17. The molecule has 1 aliphatic heterocycles. The molecule has 1 aromatic carbocycles. The maximum Gasteiger partial charge on any atom is 0.251 e. The van der Waals surface area contributed by atoms with E-state index in [0.717, 1.165) is 39.1 Å². The van der Waals surface area contributed by atoms with E-state index in [1.165, 1.54) is 12.1 Å². The van der Waals surface area contributed by atoms with Gasteiger partial charge in [0.25, 0.3) is 5.91 Å². The molecule has 1 aliphatic rings. The summed E-state index contributed by atoms with van der Waals surface area (Å²) in [6, 6.07) is 4.44. The summed E-state index contributed by atoms with van der Waals surface area (Å²) >= 11 is 0. The second-order valence-corrected chi connectivity index (χ2v) is 5.17. The lowest BCUT2D eigenvalue weighted by Gasteiger charge is -2.27. The average Bonchev–Trinajstić information content (AvgIpc) is 2.47. The first-order valence-corrected chi connectivity index (χ1v) is 7.14. The molecule has 1 aromatic rings. The van der Waals surface area contributed by atoms with Gasteiger partial charge in [-0.2, -0.15) is 0 Å². The van der Waals surface area contributed by atoms with E-state index in [-0.39, 0.29) is 24.1 Å². The molecule has 1 heterocycles. The van der Waals surface area contributed by atoms with Crippen molar-refractivity contribution in [1.29, 1.82) is 0 Å². The molecule has 0 spiro atoms. The van der Waals surface area contributed by atoms with Gasteiger partial charge in [-0.1, -0.05) is 0 Å². The van der Waals surface area contributed by atoms with Crippen molar-refractivity contribution in [3.8, 4) is 0 Å². The Labute approximate surface area is 131 Å². The maximum atomic E-state index is 13.1. The number of benzene rings is 1. The van der Waals surface area contributed by atoms with Gasteiger partial charge in [0.1, 0.15) is 5.82 Å². The van der Waals surface area contributed by atoms with Crippen molar-refractivity contribution < 1.29 is 9.18 Å². The number of carbonyl (C=O) groups is 1. The fourth-order valence-corrected chi connectivity index (χ4v) is 2.33. The van der Waals surface area contributed by atoms with Crippen LogP contribution in [0.15, 0.2) is 18.2 Å². The largest absolute Gasteiger partial charge is 0.352 e. The van der Waals surface area contributed by atoms with Crippen LogP contribution >= 0.6 is 12.4 Å². The molecule has 6 heteroatoms. The number of piperazine rings is 1. The molecule has 2 N–H and O–H groups in total. The van der Waals surface area contributed by atoms with Gasteiger partial charge in [-0.05, 0) is 43.7 Å². The van der Waals surface area contributed by atoms with Crippen molar-refractivity contribution in [3.05, 3.63) is 35.1 Å². The summed E-state index contributed by atoms with van der Waals surface area (Å²) < 4.78 is 13.1. The number of halogens is 2. The lowest BCUT2D eigenvalue weighted by molar-refractivity contribution is 0.0951. The van der Waals surface area contributed by atoms with Crippen molar-refractivity contribution in [3.63, 3.8) is 0 Å². The van der Waals surface area contributed by atoms with Gasteiger partial charge >= 0.3 is 0 Å². The van der Waals surface area contributed by atoms with Gasteiger partial charge in [-0.25, -0.2) is 4.39 Å². The van der Waals surface area contributed by atoms with Crippen LogP contribution in [0.5, 0.6) is 0 Å². The van der Waals surface area contributed by atoms with Crippen LogP contribution in [0.2, 0.25) is 0 Å². The molecule has 118 valence electrons. The maximum absolute atomic E-state index is 13.1. The van der Waals surface area contributed by atoms with Crippen LogP contribution in [0.1, 0.15) is 22.3 Å². The minimum absolute atomic E-state index is 0. The molecule has 4 nitrogen and oxygen atoms in total. The molecule has 21 heavy (non-hydrogen) atoms. The number of hydrogen-bond donors (Lipinski definition) is 2. The van der Waals surface area contributed by atoms with Crippen molar-refractivity contribution >= 4 is 18.3 Å².